The molecule has 0 aliphatic heterocycles. The van der Waals surface area contributed by atoms with Gasteiger partial charge in [0, 0.05) is 29.4 Å². The summed E-state index contributed by atoms with van der Waals surface area (Å²) in [6.07, 6.45) is 1.79. The van der Waals surface area contributed by atoms with Crippen LogP contribution in [-0.4, -0.2) is 17.4 Å². The second-order valence-electron chi connectivity index (χ2n) is 4.17. The fourth-order valence-corrected chi connectivity index (χ4v) is 2.28. The molecule has 0 spiro atoms. The van der Waals surface area contributed by atoms with Gasteiger partial charge >= 0.3 is 0 Å². The van der Waals surface area contributed by atoms with Crippen LogP contribution in [0.2, 0.25) is 0 Å². The summed E-state index contributed by atoms with van der Waals surface area (Å²) in [4.78, 5) is 16.0. The second-order valence-corrected chi connectivity index (χ2v) is 5.15. The Bertz CT molecular complexity index is 552. The normalized spacial score (nSPS) is 10.2. The zero-order valence-electron chi connectivity index (χ0n) is 11.1. The summed E-state index contributed by atoms with van der Waals surface area (Å²) in [6, 6.07) is 5.68. The van der Waals surface area contributed by atoms with E-state index in [1.165, 1.54) is 0 Å². The smallest absolute Gasteiger partial charge is 0.251 e. The molecule has 0 aliphatic carbocycles. The highest BCUT2D eigenvalue weighted by Crippen LogP contribution is 2.18. The van der Waals surface area contributed by atoms with Gasteiger partial charge in [0.15, 0.2) is 0 Å². The van der Waals surface area contributed by atoms with Gasteiger partial charge in [-0.05, 0) is 31.5 Å². The molecule has 2 aromatic rings. The summed E-state index contributed by atoms with van der Waals surface area (Å²) < 4.78 is 0. The number of anilines is 1. The molecule has 1 aromatic carbocycles. The maximum Gasteiger partial charge on any atom is 0.251 e. The van der Waals surface area contributed by atoms with Crippen LogP contribution in [0.3, 0.4) is 0 Å². The monoisotopic (exact) mass is 275 g/mol. The predicted molar refractivity (Wildman–Crippen MR) is 78.6 cm³/mol. The fourth-order valence-electron chi connectivity index (χ4n) is 1.73. The first-order valence-electron chi connectivity index (χ1n) is 6.21. The first-order chi connectivity index (χ1) is 9.20. The minimum atomic E-state index is -0.0419. The van der Waals surface area contributed by atoms with Crippen LogP contribution in [0.25, 0.3) is 0 Å². The number of aromatic nitrogens is 1. The number of carbonyl (C=O) groups is 1. The van der Waals surface area contributed by atoms with Crippen molar-refractivity contribution in [1.82, 2.24) is 10.3 Å². The summed E-state index contributed by atoms with van der Waals surface area (Å²) in [6.45, 7) is 5.24. The number of carbonyl (C=O) groups excluding carboxylic acids is 1. The zero-order chi connectivity index (χ0) is 13.7. The molecule has 1 heterocycles. The Kier molecular flexibility index (Phi) is 4.52. The Morgan fingerprint density at radius 2 is 2.26 bits per heavy atom. The number of amides is 1. The summed E-state index contributed by atoms with van der Waals surface area (Å²) in [7, 11) is 0. The molecule has 5 heteroatoms. The van der Waals surface area contributed by atoms with E-state index >= 15 is 0 Å². The van der Waals surface area contributed by atoms with Gasteiger partial charge < -0.3 is 10.6 Å². The highest BCUT2D eigenvalue weighted by atomic mass is 32.1. The van der Waals surface area contributed by atoms with Crippen molar-refractivity contribution in [2.24, 2.45) is 0 Å². The maximum atomic E-state index is 11.8. The van der Waals surface area contributed by atoms with Crippen LogP contribution in [-0.2, 0) is 6.54 Å². The molecule has 0 saturated carbocycles. The Morgan fingerprint density at radius 3 is 2.95 bits per heavy atom. The van der Waals surface area contributed by atoms with E-state index in [0.29, 0.717) is 18.7 Å². The third kappa shape index (κ3) is 3.54. The topological polar surface area (TPSA) is 54.0 Å². The number of nitrogens with zero attached hydrogens (tertiary/aromatic N) is 1. The van der Waals surface area contributed by atoms with Crippen LogP contribution >= 0.6 is 11.3 Å². The molecule has 0 fully saturated rings. The minimum absolute atomic E-state index is 0.0419. The Labute approximate surface area is 116 Å². The molecule has 0 unspecified atom stereocenters. The highest BCUT2D eigenvalue weighted by Gasteiger charge is 2.07. The molecule has 4 nitrogen and oxygen atoms in total. The minimum Gasteiger partial charge on any atom is -0.378 e. The summed E-state index contributed by atoms with van der Waals surface area (Å²) in [5.74, 6) is -0.0419. The van der Waals surface area contributed by atoms with Crippen molar-refractivity contribution in [3.05, 3.63) is 45.9 Å². The van der Waals surface area contributed by atoms with E-state index in [9.17, 15) is 4.79 Å². The van der Waals surface area contributed by atoms with Crippen molar-refractivity contribution in [3.8, 4) is 0 Å². The van der Waals surface area contributed by atoms with Gasteiger partial charge in [-0.3, -0.25) is 4.79 Å². The average molecular weight is 275 g/mol. The molecule has 0 atom stereocenters. The number of hydrogen-bond acceptors (Lipinski definition) is 4. The molecule has 1 amide bonds. The van der Waals surface area contributed by atoms with E-state index in [0.717, 1.165) is 16.3 Å². The van der Waals surface area contributed by atoms with Crippen LogP contribution in [0.15, 0.2) is 29.8 Å². The summed E-state index contributed by atoms with van der Waals surface area (Å²) in [5.41, 5.74) is 2.76. The molecular formula is C14H17N3OS. The first kappa shape index (κ1) is 13.5. The number of hydrogen-bond donors (Lipinski definition) is 2. The van der Waals surface area contributed by atoms with Gasteiger partial charge in [-0.15, -0.1) is 11.3 Å². The third-order valence-corrected chi connectivity index (χ3v) is 3.53. The molecule has 2 rings (SSSR count). The molecule has 1 aromatic heterocycles. The van der Waals surface area contributed by atoms with Crippen LogP contribution in [0, 0.1) is 6.92 Å². The predicted octanol–water partition coefficient (Wildman–Crippen LogP) is 2.81. The third-order valence-electron chi connectivity index (χ3n) is 2.75. The van der Waals surface area contributed by atoms with Crippen LogP contribution in [0.5, 0.6) is 0 Å². The Morgan fingerprint density at radius 1 is 1.42 bits per heavy atom. The van der Waals surface area contributed by atoms with E-state index in [-0.39, 0.29) is 5.91 Å². The average Bonchev–Trinajstić information content (AvgIpc) is 2.91. The van der Waals surface area contributed by atoms with Gasteiger partial charge in [-0.25, -0.2) is 4.98 Å². The molecule has 19 heavy (non-hydrogen) atoms. The molecule has 0 bridgehead atoms. The first-order valence-corrected chi connectivity index (χ1v) is 7.09. The lowest BCUT2D eigenvalue weighted by Crippen LogP contribution is -2.22. The van der Waals surface area contributed by atoms with Crippen molar-refractivity contribution in [2.75, 3.05) is 11.9 Å². The summed E-state index contributed by atoms with van der Waals surface area (Å²) in [5, 5.41) is 9.11. The standard InChI is InChI=1S/C14H17N3OS/c1-3-15-14(18)11-5-4-10(2)12(8-11)17-9-13-16-6-7-19-13/h4-8,17H,3,9H2,1-2H3,(H,15,18). The quantitative estimate of drug-likeness (QED) is 0.882. The fraction of sp³-hybridized carbons (Fsp3) is 0.286. The van der Waals surface area contributed by atoms with Crippen molar-refractivity contribution in [3.63, 3.8) is 0 Å². The van der Waals surface area contributed by atoms with Crippen LogP contribution < -0.4 is 10.6 Å². The van der Waals surface area contributed by atoms with Gasteiger partial charge in [0.2, 0.25) is 0 Å². The number of rotatable bonds is 5. The molecule has 100 valence electrons. The lowest BCUT2D eigenvalue weighted by Gasteiger charge is -2.10. The second kappa shape index (κ2) is 6.33. The van der Waals surface area contributed by atoms with E-state index in [1.54, 1.807) is 17.5 Å². The van der Waals surface area contributed by atoms with Crippen LogP contribution in [0.1, 0.15) is 27.9 Å². The molecule has 2 N–H and O–H groups in total. The van der Waals surface area contributed by atoms with E-state index < -0.39 is 0 Å². The van der Waals surface area contributed by atoms with E-state index in [1.807, 2.05) is 37.4 Å². The van der Waals surface area contributed by atoms with Crippen molar-refractivity contribution < 1.29 is 4.79 Å². The summed E-state index contributed by atoms with van der Waals surface area (Å²) >= 11 is 1.61. The van der Waals surface area contributed by atoms with Gasteiger partial charge in [0.1, 0.15) is 5.01 Å². The van der Waals surface area contributed by atoms with Crippen LogP contribution in [0.4, 0.5) is 5.69 Å². The van der Waals surface area contributed by atoms with E-state index in [4.69, 9.17) is 0 Å². The highest BCUT2D eigenvalue weighted by molar-refractivity contribution is 7.09. The van der Waals surface area contributed by atoms with Gasteiger partial charge in [0.25, 0.3) is 5.91 Å². The zero-order valence-corrected chi connectivity index (χ0v) is 11.9. The number of thiazole rings is 1. The maximum absolute atomic E-state index is 11.8. The van der Waals surface area contributed by atoms with Gasteiger partial charge in [-0.1, -0.05) is 6.07 Å². The Hall–Kier alpha value is -1.88. The number of aryl methyl sites for hydroxylation is 1. The molecule has 0 saturated heterocycles. The van der Waals surface area contributed by atoms with Gasteiger partial charge in [-0.2, -0.15) is 0 Å². The SMILES string of the molecule is CCNC(=O)c1ccc(C)c(NCc2nccs2)c1. The lowest BCUT2D eigenvalue weighted by atomic mass is 10.1. The van der Waals surface area contributed by atoms with Crippen molar-refractivity contribution >= 4 is 22.9 Å². The number of nitrogens with one attached hydrogen (secondary N) is 2. The lowest BCUT2D eigenvalue weighted by molar-refractivity contribution is 0.0956. The molecule has 0 aliphatic rings. The van der Waals surface area contributed by atoms with Gasteiger partial charge in [0.05, 0.1) is 6.54 Å². The number of benzene rings is 1. The van der Waals surface area contributed by atoms with Crippen molar-refractivity contribution in [2.45, 2.75) is 20.4 Å². The van der Waals surface area contributed by atoms with Crippen molar-refractivity contribution in [1.29, 1.82) is 0 Å². The largest absolute Gasteiger partial charge is 0.378 e. The Balaban J connectivity index is 2.10. The molecular weight excluding hydrogens is 258 g/mol. The van der Waals surface area contributed by atoms with E-state index in [2.05, 4.69) is 15.6 Å². The molecule has 0 radical (unpaired) electrons.